The SMILES string of the molecule is CCCOc1ccc([C@@H]2CN3C(=O)CN(CCN4CCOCC4)C(=O)[C@]3(C)c3[nH]c4ccccc4c32)cc1OCC. The fourth-order valence-electron chi connectivity index (χ4n) is 6.58. The van der Waals surface area contributed by atoms with Gasteiger partial charge >= 0.3 is 0 Å². The van der Waals surface area contributed by atoms with Crippen LogP contribution in [-0.2, 0) is 19.9 Å². The van der Waals surface area contributed by atoms with Crippen molar-refractivity contribution in [2.45, 2.75) is 38.6 Å². The number of nitrogens with one attached hydrogen (secondary N) is 1. The Hall–Kier alpha value is -3.56. The van der Waals surface area contributed by atoms with Crippen LogP contribution in [-0.4, -0.2) is 97.2 Å². The van der Waals surface area contributed by atoms with Gasteiger partial charge in [0.25, 0.3) is 5.91 Å². The molecule has 218 valence electrons. The van der Waals surface area contributed by atoms with Crippen molar-refractivity contribution < 1.29 is 23.8 Å². The van der Waals surface area contributed by atoms with Crippen LogP contribution >= 0.6 is 0 Å². The number of aromatic nitrogens is 1. The summed E-state index contributed by atoms with van der Waals surface area (Å²) in [6, 6.07) is 14.2. The largest absolute Gasteiger partial charge is 0.490 e. The Morgan fingerprint density at radius 1 is 1.02 bits per heavy atom. The minimum absolute atomic E-state index is 0.0312. The van der Waals surface area contributed by atoms with Gasteiger partial charge in [-0.2, -0.15) is 0 Å². The lowest BCUT2D eigenvalue weighted by Crippen LogP contribution is -2.68. The van der Waals surface area contributed by atoms with E-state index in [1.807, 2.05) is 44.2 Å². The van der Waals surface area contributed by atoms with Crippen LogP contribution in [0.15, 0.2) is 42.5 Å². The molecule has 0 spiro atoms. The van der Waals surface area contributed by atoms with E-state index in [-0.39, 0.29) is 24.3 Å². The highest BCUT2D eigenvalue weighted by molar-refractivity contribution is 6.01. The molecule has 2 atom stereocenters. The Morgan fingerprint density at radius 3 is 2.61 bits per heavy atom. The minimum atomic E-state index is -1.11. The van der Waals surface area contributed by atoms with E-state index in [0.717, 1.165) is 59.5 Å². The van der Waals surface area contributed by atoms with Gasteiger partial charge in [-0.1, -0.05) is 31.2 Å². The lowest BCUT2D eigenvalue weighted by Gasteiger charge is -2.51. The molecule has 1 aromatic heterocycles. The second kappa shape index (κ2) is 11.4. The van der Waals surface area contributed by atoms with Crippen LogP contribution < -0.4 is 9.47 Å². The maximum absolute atomic E-state index is 14.3. The Bertz CT molecular complexity index is 1430. The van der Waals surface area contributed by atoms with E-state index in [2.05, 4.69) is 28.9 Å². The molecule has 4 heterocycles. The van der Waals surface area contributed by atoms with Gasteiger partial charge in [-0.05, 0) is 49.6 Å². The molecule has 0 aliphatic carbocycles. The van der Waals surface area contributed by atoms with E-state index in [0.29, 0.717) is 45.3 Å². The summed E-state index contributed by atoms with van der Waals surface area (Å²) in [6.07, 6.45) is 0.905. The van der Waals surface area contributed by atoms with E-state index in [1.54, 1.807) is 9.80 Å². The fraction of sp³-hybridized carbons (Fsp3) is 0.500. The zero-order valence-corrected chi connectivity index (χ0v) is 24.3. The molecule has 2 aromatic carbocycles. The molecule has 0 unspecified atom stereocenters. The van der Waals surface area contributed by atoms with Gasteiger partial charge in [0.1, 0.15) is 0 Å². The van der Waals surface area contributed by atoms with Gasteiger partial charge < -0.3 is 29.0 Å². The Labute approximate surface area is 241 Å². The molecule has 3 aliphatic heterocycles. The number of piperazine rings is 1. The van der Waals surface area contributed by atoms with E-state index >= 15 is 0 Å². The third-order valence-electron chi connectivity index (χ3n) is 8.74. The van der Waals surface area contributed by atoms with E-state index in [1.165, 1.54) is 0 Å². The molecular weight excluding hydrogens is 520 g/mol. The van der Waals surface area contributed by atoms with Crippen molar-refractivity contribution in [1.29, 1.82) is 0 Å². The number of rotatable bonds is 9. The summed E-state index contributed by atoms with van der Waals surface area (Å²) in [4.78, 5) is 37.6. The predicted octanol–water partition coefficient (Wildman–Crippen LogP) is 3.72. The summed E-state index contributed by atoms with van der Waals surface area (Å²) < 4.78 is 17.4. The fourth-order valence-corrected chi connectivity index (χ4v) is 6.58. The van der Waals surface area contributed by atoms with Crippen LogP contribution in [0.1, 0.15) is 49.9 Å². The van der Waals surface area contributed by atoms with Gasteiger partial charge in [0.2, 0.25) is 5.91 Å². The predicted molar refractivity (Wildman–Crippen MR) is 156 cm³/mol. The molecule has 3 aliphatic rings. The maximum atomic E-state index is 14.3. The molecule has 0 saturated carbocycles. The number of carbonyl (C=O) groups is 2. The number of nitrogens with zero attached hydrogens (tertiary/aromatic N) is 3. The average Bonchev–Trinajstić information content (AvgIpc) is 3.39. The summed E-state index contributed by atoms with van der Waals surface area (Å²) in [6.45, 7) is 11.9. The van der Waals surface area contributed by atoms with Crippen molar-refractivity contribution in [2.75, 3.05) is 65.7 Å². The standard InChI is InChI=1S/C32H40N4O5/c1-4-16-41-26-11-10-22(19-27(26)40-5-2)24-20-36-28(37)21-35(13-12-34-14-17-39-18-15-34)31(38)32(36,3)30-29(24)23-8-6-7-9-25(23)33-30/h6-11,19,24,33H,4-5,12-18,20-21H2,1-3H3/t24-,32-/m0/s1. The first-order valence-corrected chi connectivity index (χ1v) is 14.9. The van der Waals surface area contributed by atoms with Crippen LogP contribution in [0.5, 0.6) is 11.5 Å². The van der Waals surface area contributed by atoms with Gasteiger partial charge in [-0.15, -0.1) is 0 Å². The van der Waals surface area contributed by atoms with Crippen LogP contribution in [0.25, 0.3) is 10.9 Å². The summed E-state index contributed by atoms with van der Waals surface area (Å²) in [7, 11) is 0. The average molecular weight is 561 g/mol. The first-order valence-electron chi connectivity index (χ1n) is 14.9. The molecule has 41 heavy (non-hydrogen) atoms. The maximum Gasteiger partial charge on any atom is 0.254 e. The quantitative estimate of drug-likeness (QED) is 0.429. The number of hydrogen-bond donors (Lipinski definition) is 1. The number of fused-ring (bicyclic) bond motifs is 5. The molecule has 2 amide bonds. The van der Waals surface area contributed by atoms with Gasteiger partial charge in [0.05, 0.1) is 38.7 Å². The number of benzene rings is 2. The number of H-pyrrole nitrogens is 1. The topological polar surface area (TPSA) is 87.3 Å². The summed E-state index contributed by atoms with van der Waals surface area (Å²) in [5, 5.41) is 1.07. The third-order valence-corrected chi connectivity index (χ3v) is 8.74. The molecule has 9 heteroatoms. The number of morpholine rings is 1. The Kier molecular flexibility index (Phi) is 7.66. The van der Waals surface area contributed by atoms with Crippen molar-refractivity contribution in [2.24, 2.45) is 0 Å². The van der Waals surface area contributed by atoms with Crippen molar-refractivity contribution in [3.63, 3.8) is 0 Å². The highest BCUT2D eigenvalue weighted by atomic mass is 16.5. The molecule has 9 nitrogen and oxygen atoms in total. The normalized spacial score (nSPS) is 23.0. The van der Waals surface area contributed by atoms with Crippen LogP contribution in [0.3, 0.4) is 0 Å². The molecule has 6 rings (SSSR count). The number of amides is 2. The molecule has 0 radical (unpaired) electrons. The lowest BCUT2D eigenvalue weighted by molar-refractivity contribution is -0.166. The van der Waals surface area contributed by atoms with Gasteiger partial charge in [0, 0.05) is 49.5 Å². The lowest BCUT2D eigenvalue weighted by atomic mass is 9.76. The Morgan fingerprint density at radius 2 is 1.83 bits per heavy atom. The second-order valence-electron chi connectivity index (χ2n) is 11.3. The number of aromatic amines is 1. The highest BCUT2D eigenvalue weighted by Gasteiger charge is 2.56. The van der Waals surface area contributed by atoms with Crippen molar-refractivity contribution in [3.8, 4) is 11.5 Å². The Balaban J connectivity index is 1.40. The minimum Gasteiger partial charge on any atom is -0.490 e. The molecule has 2 saturated heterocycles. The first kappa shape index (κ1) is 27.6. The second-order valence-corrected chi connectivity index (χ2v) is 11.3. The van der Waals surface area contributed by atoms with E-state index in [4.69, 9.17) is 14.2 Å². The molecule has 0 bridgehead atoms. The summed E-state index contributed by atoms with van der Waals surface area (Å²) >= 11 is 0. The van der Waals surface area contributed by atoms with Gasteiger partial charge in [-0.3, -0.25) is 14.5 Å². The molecule has 2 fully saturated rings. The number of hydrogen-bond acceptors (Lipinski definition) is 6. The van der Waals surface area contributed by atoms with Gasteiger partial charge in [0.15, 0.2) is 17.0 Å². The molecular formula is C32H40N4O5. The van der Waals surface area contributed by atoms with Crippen molar-refractivity contribution in [1.82, 2.24) is 19.7 Å². The smallest absolute Gasteiger partial charge is 0.254 e. The third kappa shape index (κ3) is 4.85. The monoisotopic (exact) mass is 560 g/mol. The van der Waals surface area contributed by atoms with Crippen LogP contribution in [0.2, 0.25) is 0 Å². The number of carbonyl (C=O) groups excluding carboxylic acids is 2. The van der Waals surface area contributed by atoms with Crippen molar-refractivity contribution >= 4 is 22.7 Å². The first-order chi connectivity index (χ1) is 20.0. The number of para-hydroxylation sites is 1. The van der Waals surface area contributed by atoms with E-state index in [9.17, 15) is 9.59 Å². The van der Waals surface area contributed by atoms with Crippen LogP contribution in [0.4, 0.5) is 0 Å². The highest BCUT2D eigenvalue weighted by Crippen LogP contribution is 2.49. The zero-order chi connectivity index (χ0) is 28.6. The van der Waals surface area contributed by atoms with Crippen LogP contribution in [0, 0.1) is 0 Å². The van der Waals surface area contributed by atoms with Gasteiger partial charge in [-0.25, -0.2) is 0 Å². The van der Waals surface area contributed by atoms with E-state index < -0.39 is 5.54 Å². The number of ether oxygens (including phenoxy) is 3. The van der Waals surface area contributed by atoms with Crippen molar-refractivity contribution in [3.05, 3.63) is 59.3 Å². The summed E-state index contributed by atoms with van der Waals surface area (Å²) in [5.41, 5.74) is 2.75. The summed E-state index contributed by atoms with van der Waals surface area (Å²) in [5.74, 6) is 1.22. The molecule has 1 N–H and O–H groups in total. The molecule has 3 aromatic rings. The zero-order valence-electron chi connectivity index (χ0n) is 24.3.